The van der Waals surface area contributed by atoms with Gasteiger partial charge in [-0.3, -0.25) is 0 Å². The van der Waals surface area contributed by atoms with Gasteiger partial charge in [-0.2, -0.15) is 0 Å². The van der Waals surface area contributed by atoms with Crippen LogP contribution in [0.2, 0.25) is 0 Å². The second-order valence-corrected chi connectivity index (χ2v) is 4.10. The van der Waals surface area contributed by atoms with Crippen LogP contribution in [0, 0.1) is 0 Å². The van der Waals surface area contributed by atoms with Crippen molar-refractivity contribution in [3.63, 3.8) is 0 Å². The van der Waals surface area contributed by atoms with Crippen molar-refractivity contribution < 1.29 is 14.3 Å². The van der Waals surface area contributed by atoms with Crippen LogP contribution in [-0.4, -0.2) is 49.7 Å². The number of methoxy groups -OCH3 is 1. The van der Waals surface area contributed by atoms with Crippen molar-refractivity contribution in [2.45, 2.75) is 39.0 Å². The van der Waals surface area contributed by atoms with Gasteiger partial charge in [0.25, 0.3) is 0 Å². The van der Waals surface area contributed by atoms with Gasteiger partial charge in [0.05, 0.1) is 20.6 Å². The van der Waals surface area contributed by atoms with Gasteiger partial charge in [0.2, 0.25) is 6.23 Å². The molecular formula is C10H24NO2+. The number of aliphatic hydroxyl groups is 1. The molecule has 0 aliphatic rings. The van der Waals surface area contributed by atoms with Crippen LogP contribution in [0.15, 0.2) is 0 Å². The van der Waals surface area contributed by atoms with Crippen LogP contribution in [0.4, 0.5) is 0 Å². The van der Waals surface area contributed by atoms with Gasteiger partial charge in [0.15, 0.2) is 0 Å². The Bertz CT molecular complexity index is 137. The second-order valence-electron chi connectivity index (χ2n) is 4.10. The predicted octanol–water partition coefficient (Wildman–Crippen LogP) is 1.22. The molecule has 3 nitrogen and oxygen atoms in total. The second kappa shape index (κ2) is 5.58. The quantitative estimate of drug-likeness (QED) is 0.504. The zero-order chi connectivity index (χ0) is 10.5. The van der Waals surface area contributed by atoms with Gasteiger partial charge in [0, 0.05) is 7.11 Å². The van der Waals surface area contributed by atoms with E-state index < -0.39 is 0 Å². The molecule has 0 amide bonds. The van der Waals surface area contributed by atoms with Crippen LogP contribution in [-0.2, 0) is 4.74 Å². The fraction of sp³-hybridized carbons (Fsp3) is 1.00. The number of hydrogen-bond acceptors (Lipinski definition) is 2. The summed E-state index contributed by atoms with van der Waals surface area (Å²) in [4.78, 5) is 0. The summed E-state index contributed by atoms with van der Waals surface area (Å²) in [6.07, 6.45) is 1.37. The average Bonchev–Trinajstić information content (AvgIpc) is 2.04. The molecule has 0 heterocycles. The van der Waals surface area contributed by atoms with Gasteiger partial charge in [-0.05, 0) is 12.8 Å². The van der Waals surface area contributed by atoms with Crippen molar-refractivity contribution in [2.75, 3.05) is 27.7 Å². The molecule has 80 valence electrons. The first kappa shape index (κ1) is 12.9. The van der Waals surface area contributed by atoms with Crippen LogP contribution < -0.4 is 0 Å². The molecule has 0 bridgehead atoms. The fourth-order valence-corrected chi connectivity index (χ4v) is 1.81. The monoisotopic (exact) mass is 190 g/mol. The first-order valence-corrected chi connectivity index (χ1v) is 5.03. The maximum absolute atomic E-state index is 9.74. The average molecular weight is 190 g/mol. The summed E-state index contributed by atoms with van der Waals surface area (Å²) in [6.45, 7) is 5.14. The molecule has 0 saturated carbocycles. The lowest BCUT2D eigenvalue weighted by Crippen LogP contribution is -2.55. The zero-order valence-corrected chi connectivity index (χ0v) is 9.58. The molecule has 0 aromatic heterocycles. The minimum Gasteiger partial charge on any atom is -0.384 e. The molecule has 0 aliphatic carbocycles. The molecule has 0 aliphatic heterocycles. The lowest BCUT2D eigenvalue weighted by atomic mass is 10.2. The summed E-state index contributed by atoms with van der Waals surface area (Å²) in [5.74, 6) is 0. The summed E-state index contributed by atoms with van der Waals surface area (Å²) < 4.78 is 6.07. The minimum atomic E-state index is -0.369. The van der Waals surface area contributed by atoms with Gasteiger partial charge in [0.1, 0.15) is 6.10 Å². The topological polar surface area (TPSA) is 29.5 Å². The molecule has 0 saturated heterocycles. The Hall–Kier alpha value is -0.120. The number of quaternary nitrogens is 1. The lowest BCUT2D eigenvalue weighted by Gasteiger charge is -2.38. The summed E-state index contributed by atoms with van der Waals surface area (Å²) in [5, 5.41) is 9.74. The highest BCUT2D eigenvalue weighted by atomic mass is 16.5. The molecule has 0 radical (unpaired) electrons. The molecule has 13 heavy (non-hydrogen) atoms. The third kappa shape index (κ3) is 3.63. The van der Waals surface area contributed by atoms with Crippen LogP contribution in [0.25, 0.3) is 0 Å². The molecule has 0 spiro atoms. The molecule has 0 fully saturated rings. The minimum absolute atomic E-state index is 0.107. The Morgan fingerprint density at radius 3 is 2.15 bits per heavy atom. The molecule has 2 atom stereocenters. The molecule has 3 heteroatoms. The first-order chi connectivity index (χ1) is 5.99. The number of likely N-dealkylation sites (N-methyl/N-ethyl adjacent to an activating group) is 1. The summed E-state index contributed by atoms with van der Waals surface area (Å²) in [5.41, 5.74) is 0. The predicted molar refractivity (Wildman–Crippen MR) is 54.4 cm³/mol. The number of aliphatic hydroxyl groups excluding tert-OH is 1. The van der Waals surface area contributed by atoms with Gasteiger partial charge in [-0.1, -0.05) is 13.8 Å². The molecule has 1 N–H and O–H groups in total. The van der Waals surface area contributed by atoms with Crippen LogP contribution in [0.5, 0.6) is 0 Å². The number of ether oxygens (including phenoxy) is 1. The third-order valence-corrected chi connectivity index (χ3v) is 2.48. The van der Waals surface area contributed by atoms with Crippen LogP contribution >= 0.6 is 0 Å². The molecule has 2 unspecified atom stereocenters. The van der Waals surface area contributed by atoms with Crippen molar-refractivity contribution >= 4 is 0 Å². The summed E-state index contributed by atoms with van der Waals surface area (Å²) in [6, 6.07) is 0. The summed E-state index contributed by atoms with van der Waals surface area (Å²) in [7, 11) is 5.85. The SMILES string of the molecule is CCC[N+](C)(C)C(OC)C(O)CC. The lowest BCUT2D eigenvalue weighted by molar-refractivity contribution is -0.941. The zero-order valence-electron chi connectivity index (χ0n) is 9.58. The van der Waals surface area contributed by atoms with Crippen molar-refractivity contribution in [2.24, 2.45) is 0 Å². The van der Waals surface area contributed by atoms with Gasteiger partial charge < -0.3 is 14.3 Å². The van der Waals surface area contributed by atoms with Crippen molar-refractivity contribution in [3.8, 4) is 0 Å². The van der Waals surface area contributed by atoms with E-state index in [4.69, 9.17) is 4.74 Å². The van der Waals surface area contributed by atoms with E-state index in [-0.39, 0.29) is 12.3 Å². The van der Waals surface area contributed by atoms with Gasteiger partial charge in [-0.15, -0.1) is 0 Å². The third-order valence-electron chi connectivity index (χ3n) is 2.48. The van der Waals surface area contributed by atoms with Gasteiger partial charge >= 0.3 is 0 Å². The van der Waals surface area contributed by atoms with E-state index in [9.17, 15) is 5.11 Å². The summed E-state index contributed by atoms with van der Waals surface area (Å²) >= 11 is 0. The Morgan fingerprint density at radius 1 is 1.31 bits per heavy atom. The highest BCUT2D eigenvalue weighted by Crippen LogP contribution is 2.14. The Morgan fingerprint density at radius 2 is 1.85 bits per heavy atom. The standard InChI is InChI=1S/C10H24NO2/c1-6-8-11(3,4)10(13-5)9(12)7-2/h9-10,12H,6-8H2,1-5H3/q+1. The molecule has 0 rings (SSSR count). The smallest absolute Gasteiger partial charge is 0.219 e. The first-order valence-electron chi connectivity index (χ1n) is 5.03. The number of nitrogens with zero attached hydrogens (tertiary/aromatic N) is 1. The Labute approximate surface area is 81.9 Å². The maximum atomic E-state index is 9.74. The van der Waals surface area contributed by atoms with Crippen LogP contribution in [0.1, 0.15) is 26.7 Å². The fourth-order valence-electron chi connectivity index (χ4n) is 1.81. The van der Waals surface area contributed by atoms with E-state index >= 15 is 0 Å². The van der Waals surface area contributed by atoms with Crippen molar-refractivity contribution in [1.82, 2.24) is 0 Å². The van der Waals surface area contributed by atoms with Gasteiger partial charge in [-0.25, -0.2) is 0 Å². The highest BCUT2D eigenvalue weighted by molar-refractivity contribution is 4.57. The maximum Gasteiger partial charge on any atom is 0.219 e. The van der Waals surface area contributed by atoms with Crippen molar-refractivity contribution in [3.05, 3.63) is 0 Å². The van der Waals surface area contributed by atoms with E-state index in [2.05, 4.69) is 21.0 Å². The van der Waals surface area contributed by atoms with E-state index in [0.717, 1.165) is 23.9 Å². The molecular weight excluding hydrogens is 166 g/mol. The molecule has 0 aromatic carbocycles. The van der Waals surface area contributed by atoms with Crippen LogP contribution in [0.3, 0.4) is 0 Å². The normalized spacial score (nSPS) is 17.1. The van der Waals surface area contributed by atoms with E-state index in [0.29, 0.717) is 0 Å². The number of hydrogen-bond donors (Lipinski definition) is 1. The highest BCUT2D eigenvalue weighted by Gasteiger charge is 2.32. The van der Waals surface area contributed by atoms with E-state index in [1.807, 2.05) is 6.92 Å². The van der Waals surface area contributed by atoms with E-state index in [1.165, 1.54) is 0 Å². The van der Waals surface area contributed by atoms with Crippen molar-refractivity contribution in [1.29, 1.82) is 0 Å². The Balaban J connectivity index is 4.35. The largest absolute Gasteiger partial charge is 0.384 e. The van der Waals surface area contributed by atoms with E-state index in [1.54, 1.807) is 7.11 Å². The Kier molecular flexibility index (Phi) is 5.53. The molecule has 0 aromatic rings. The number of rotatable bonds is 6.